The zero-order chi connectivity index (χ0) is 21.5. The molecule has 158 valence electrons. The van der Waals surface area contributed by atoms with E-state index in [0.29, 0.717) is 11.3 Å². The lowest BCUT2D eigenvalue weighted by atomic mass is 10.0. The zero-order valence-electron chi connectivity index (χ0n) is 16.8. The fourth-order valence-corrected chi connectivity index (χ4v) is 5.70. The molecule has 3 aromatic rings. The summed E-state index contributed by atoms with van der Waals surface area (Å²) in [6, 6.07) is 14.3. The van der Waals surface area contributed by atoms with Gasteiger partial charge in [-0.05, 0) is 54.9 Å². The second-order valence-corrected chi connectivity index (χ2v) is 9.74. The number of likely N-dealkylation sites (N-methyl/N-ethyl adjacent to an activating group) is 1. The lowest BCUT2D eigenvalue weighted by molar-refractivity contribution is 0.0734. The van der Waals surface area contributed by atoms with Crippen LogP contribution >= 0.6 is 27.3 Å². The molecule has 5 rings (SSSR count). The van der Waals surface area contributed by atoms with E-state index < -0.39 is 5.97 Å². The van der Waals surface area contributed by atoms with E-state index in [9.17, 15) is 9.59 Å². The highest BCUT2D eigenvalue weighted by Crippen LogP contribution is 2.40. The van der Waals surface area contributed by atoms with Gasteiger partial charge in [-0.3, -0.25) is 4.79 Å². The number of ether oxygens (including phenoxy) is 1. The molecular formula is C23H20BrN3O3S. The van der Waals surface area contributed by atoms with Crippen molar-refractivity contribution in [2.45, 2.75) is 19.1 Å². The molecule has 6 nitrogen and oxygen atoms in total. The molecule has 3 heterocycles. The number of nitrogens with one attached hydrogen (secondary N) is 2. The van der Waals surface area contributed by atoms with Gasteiger partial charge < -0.3 is 20.3 Å². The summed E-state index contributed by atoms with van der Waals surface area (Å²) in [7, 11) is 2.10. The molecule has 0 aliphatic carbocycles. The van der Waals surface area contributed by atoms with E-state index in [2.05, 4.69) is 38.5 Å². The van der Waals surface area contributed by atoms with E-state index in [1.54, 1.807) is 41.7 Å². The molecule has 8 heteroatoms. The highest BCUT2D eigenvalue weighted by Gasteiger charge is 2.32. The molecule has 0 saturated heterocycles. The van der Waals surface area contributed by atoms with Gasteiger partial charge in [0.25, 0.3) is 5.91 Å². The van der Waals surface area contributed by atoms with Gasteiger partial charge in [-0.25, -0.2) is 4.79 Å². The lowest BCUT2D eigenvalue weighted by Gasteiger charge is -2.27. The average molecular weight is 498 g/mol. The standard InChI is InChI=1S/C23H20BrN3O3S/c1-27-9-8-17-18(12-27)31-22-19(17)21(28)25-20(26-22)13-4-3-7-16(11-13)30-23(29)14-5-2-6-15(24)10-14/h2-7,10-11,20,26H,8-9,12H2,1H3,(H,25,28). The van der Waals surface area contributed by atoms with Crippen molar-refractivity contribution < 1.29 is 14.3 Å². The Balaban J connectivity index is 1.37. The molecule has 1 amide bonds. The Morgan fingerprint density at radius 2 is 2.03 bits per heavy atom. The molecule has 2 aromatic carbocycles. The van der Waals surface area contributed by atoms with Gasteiger partial charge in [0.15, 0.2) is 0 Å². The molecule has 0 radical (unpaired) electrons. The molecular weight excluding hydrogens is 478 g/mol. The van der Waals surface area contributed by atoms with Gasteiger partial charge in [0, 0.05) is 22.4 Å². The molecule has 0 bridgehead atoms. The van der Waals surface area contributed by atoms with Crippen LogP contribution in [0.15, 0.2) is 53.0 Å². The van der Waals surface area contributed by atoms with Crippen LogP contribution in [0.25, 0.3) is 0 Å². The van der Waals surface area contributed by atoms with Crippen molar-refractivity contribution in [1.29, 1.82) is 0 Å². The Morgan fingerprint density at radius 1 is 1.19 bits per heavy atom. The maximum Gasteiger partial charge on any atom is 0.343 e. The molecule has 2 N–H and O–H groups in total. The van der Waals surface area contributed by atoms with E-state index in [1.165, 1.54) is 10.4 Å². The largest absolute Gasteiger partial charge is 0.423 e. The second kappa shape index (κ2) is 8.11. The van der Waals surface area contributed by atoms with Crippen LogP contribution in [0.3, 0.4) is 0 Å². The van der Waals surface area contributed by atoms with Gasteiger partial charge in [0.05, 0.1) is 11.1 Å². The Bertz CT molecular complexity index is 1190. The highest BCUT2D eigenvalue weighted by molar-refractivity contribution is 9.10. The van der Waals surface area contributed by atoms with E-state index in [-0.39, 0.29) is 12.1 Å². The van der Waals surface area contributed by atoms with Crippen LogP contribution in [0.5, 0.6) is 5.75 Å². The normalized spacial score (nSPS) is 17.9. The lowest BCUT2D eigenvalue weighted by Crippen LogP contribution is -2.38. The first kappa shape index (κ1) is 20.2. The van der Waals surface area contributed by atoms with E-state index in [4.69, 9.17) is 4.74 Å². The van der Waals surface area contributed by atoms with Crippen LogP contribution in [-0.2, 0) is 13.0 Å². The van der Waals surface area contributed by atoms with Gasteiger partial charge in [0.2, 0.25) is 0 Å². The Morgan fingerprint density at radius 3 is 2.87 bits per heavy atom. The van der Waals surface area contributed by atoms with Crippen LogP contribution in [0.2, 0.25) is 0 Å². The van der Waals surface area contributed by atoms with Gasteiger partial charge in [-0.1, -0.05) is 34.1 Å². The summed E-state index contributed by atoms with van der Waals surface area (Å²) in [5.41, 5.74) is 3.23. The number of halogens is 1. The minimum atomic E-state index is -0.434. The minimum Gasteiger partial charge on any atom is -0.423 e. The number of hydrogen-bond donors (Lipinski definition) is 2. The topological polar surface area (TPSA) is 70.7 Å². The van der Waals surface area contributed by atoms with Crippen molar-refractivity contribution in [1.82, 2.24) is 10.2 Å². The van der Waals surface area contributed by atoms with E-state index >= 15 is 0 Å². The Hall–Kier alpha value is -2.68. The van der Waals surface area contributed by atoms with Crippen molar-refractivity contribution in [3.63, 3.8) is 0 Å². The van der Waals surface area contributed by atoms with Crippen LogP contribution in [0, 0.1) is 0 Å². The van der Waals surface area contributed by atoms with Gasteiger partial charge in [-0.2, -0.15) is 0 Å². The highest BCUT2D eigenvalue weighted by atomic mass is 79.9. The summed E-state index contributed by atoms with van der Waals surface area (Å²) in [5.74, 6) is -0.0646. The number of hydrogen-bond acceptors (Lipinski definition) is 6. The summed E-state index contributed by atoms with van der Waals surface area (Å²) in [6.07, 6.45) is 0.501. The number of carbonyl (C=O) groups excluding carboxylic acids is 2. The first-order valence-corrected chi connectivity index (χ1v) is 11.6. The monoisotopic (exact) mass is 497 g/mol. The molecule has 1 aromatic heterocycles. The number of benzene rings is 2. The Kier molecular flexibility index (Phi) is 5.29. The first-order chi connectivity index (χ1) is 15.0. The summed E-state index contributed by atoms with van der Waals surface area (Å²) in [6.45, 7) is 1.83. The number of amides is 1. The average Bonchev–Trinajstić information content (AvgIpc) is 3.11. The van der Waals surface area contributed by atoms with Crippen molar-refractivity contribution >= 4 is 44.1 Å². The van der Waals surface area contributed by atoms with Crippen LogP contribution < -0.4 is 15.4 Å². The molecule has 0 spiro atoms. The zero-order valence-corrected chi connectivity index (χ0v) is 19.2. The van der Waals surface area contributed by atoms with Gasteiger partial charge >= 0.3 is 5.97 Å². The number of esters is 1. The quantitative estimate of drug-likeness (QED) is 0.409. The molecule has 1 unspecified atom stereocenters. The molecule has 0 fully saturated rings. The number of fused-ring (bicyclic) bond motifs is 3. The number of anilines is 1. The van der Waals surface area contributed by atoms with E-state index in [0.717, 1.165) is 40.1 Å². The molecule has 1 atom stereocenters. The third-order valence-electron chi connectivity index (χ3n) is 5.49. The van der Waals surface area contributed by atoms with Crippen molar-refractivity contribution in [3.8, 4) is 5.75 Å². The van der Waals surface area contributed by atoms with Gasteiger partial charge in [0.1, 0.15) is 16.9 Å². The number of thiophene rings is 1. The van der Waals surface area contributed by atoms with Crippen LogP contribution in [0.1, 0.15) is 42.9 Å². The summed E-state index contributed by atoms with van der Waals surface area (Å²) in [4.78, 5) is 28.9. The Labute approximate surface area is 192 Å². The fourth-order valence-electron chi connectivity index (χ4n) is 3.95. The van der Waals surface area contributed by atoms with Crippen molar-refractivity contribution in [2.75, 3.05) is 18.9 Å². The van der Waals surface area contributed by atoms with Crippen LogP contribution in [-0.4, -0.2) is 30.4 Å². The maximum absolute atomic E-state index is 12.9. The maximum atomic E-state index is 12.9. The molecule has 0 saturated carbocycles. The molecule has 31 heavy (non-hydrogen) atoms. The smallest absolute Gasteiger partial charge is 0.343 e. The van der Waals surface area contributed by atoms with Crippen molar-refractivity contribution in [2.24, 2.45) is 0 Å². The van der Waals surface area contributed by atoms with Crippen molar-refractivity contribution in [3.05, 3.63) is 80.1 Å². The second-order valence-electron chi connectivity index (χ2n) is 7.72. The van der Waals surface area contributed by atoms with E-state index in [1.807, 2.05) is 18.2 Å². The third kappa shape index (κ3) is 3.98. The first-order valence-electron chi connectivity index (χ1n) is 9.96. The number of nitrogens with zero attached hydrogens (tertiary/aromatic N) is 1. The van der Waals surface area contributed by atoms with Gasteiger partial charge in [-0.15, -0.1) is 11.3 Å². The third-order valence-corrected chi connectivity index (χ3v) is 7.13. The predicted octanol–water partition coefficient (Wildman–Crippen LogP) is 4.57. The summed E-state index contributed by atoms with van der Waals surface area (Å²) in [5, 5.41) is 7.42. The van der Waals surface area contributed by atoms with Crippen LogP contribution in [0.4, 0.5) is 5.00 Å². The number of rotatable bonds is 3. The fraction of sp³-hybridized carbons (Fsp3) is 0.217. The predicted molar refractivity (Wildman–Crippen MR) is 124 cm³/mol. The summed E-state index contributed by atoms with van der Waals surface area (Å²) >= 11 is 5.02. The molecule has 2 aliphatic rings. The summed E-state index contributed by atoms with van der Waals surface area (Å²) < 4.78 is 6.37. The number of carbonyl (C=O) groups is 2. The SMILES string of the molecule is CN1CCc2c(sc3c2C(=O)NC(c2cccc(OC(=O)c4cccc(Br)c4)c2)N3)C1. The molecule has 2 aliphatic heterocycles. The minimum absolute atomic E-state index is 0.0580.